The molecule has 0 amide bonds. The third-order valence-corrected chi connectivity index (χ3v) is 2.19. The Morgan fingerprint density at radius 3 is 2.56 bits per heavy atom. The van der Waals surface area contributed by atoms with Crippen LogP contribution in [0.25, 0.3) is 0 Å². The molecular formula is C12H15NO5. The van der Waals surface area contributed by atoms with Gasteiger partial charge >= 0.3 is 12.1 Å². The monoisotopic (exact) mass is 253 g/mol. The molecule has 0 saturated heterocycles. The molecule has 1 unspecified atom stereocenters. The van der Waals surface area contributed by atoms with Gasteiger partial charge in [0, 0.05) is 0 Å². The van der Waals surface area contributed by atoms with E-state index < -0.39 is 18.2 Å². The molecule has 1 aromatic carbocycles. The first-order valence-corrected chi connectivity index (χ1v) is 5.49. The summed E-state index contributed by atoms with van der Waals surface area (Å²) in [6, 6.07) is 8.15. The second kappa shape index (κ2) is 7.29. The van der Waals surface area contributed by atoms with Crippen LogP contribution in [0, 0.1) is 0 Å². The topological polar surface area (TPSA) is 84.9 Å². The van der Waals surface area contributed by atoms with E-state index in [1.165, 1.54) is 0 Å². The van der Waals surface area contributed by atoms with Crippen LogP contribution < -0.4 is 5.48 Å². The van der Waals surface area contributed by atoms with Crippen LogP contribution in [0.15, 0.2) is 30.3 Å². The number of hydrogen-bond acceptors (Lipinski definition) is 5. The lowest BCUT2D eigenvalue weighted by molar-refractivity contribution is -0.143. The first-order chi connectivity index (χ1) is 8.63. The Morgan fingerprint density at radius 1 is 1.33 bits per heavy atom. The van der Waals surface area contributed by atoms with Crippen LogP contribution in [0.1, 0.15) is 18.9 Å². The third kappa shape index (κ3) is 4.84. The number of benzene rings is 1. The van der Waals surface area contributed by atoms with Crippen molar-refractivity contribution in [3.8, 4) is 0 Å². The predicted molar refractivity (Wildman–Crippen MR) is 62.6 cm³/mol. The minimum Gasteiger partial charge on any atom is -0.480 e. The van der Waals surface area contributed by atoms with Gasteiger partial charge < -0.3 is 14.7 Å². The highest BCUT2D eigenvalue weighted by atomic mass is 16.8. The van der Waals surface area contributed by atoms with Gasteiger partial charge in [-0.1, -0.05) is 37.3 Å². The van der Waals surface area contributed by atoms with Crippen molar-refractivity contribution in [2.45, 2.75) is 26.0 Å². The van der Waals surface area contributed by atoms with Crippen LogP contribution in [0.4, 0.5) is 4.79 Å². The second-order valence-electron chi connectivity index (χ2n) is 3.54. The lowest BCUT2D eigenvalue weighted by Gasteiger charge is -2.11. The van der Waals surface area contributed by atoms with Crippen molar-refractivity contribution in [2.24, 2.45) is 0 Å². The molecule has 6 heteroatoms. The van der Waals surface area contributed by atoms with E-state index >= 15 is 0 Å². The van der Waals surface area contributed by atoms with Gasteiger partial charge in [0.25, 0.3) is 0 Å². The second-order valence-corrected chi connectivity index (χ2v) is 3.54. The summed E-state index contributed by atoms with van der Waals surface area (Å²) in [5, 5.41) is 8.70. The minimum atomic E-state index is -1.09. The maximum atomic E-state index is 11.2. The molecule has 0 bridgehead atoms. The van der Waals surface area contributed by atoms with E-state index in [0.717, 1.165) is 5.56 Å². The number of hydrogen-bond donors (Lipinski definition) is 2. The molecule has 98 valence electrons. The van der Waals surface area contributed by atoms with Gasteiger partial charge in [-0.05, 0) is 12.0 Å². The van der Waals surface area contributed by atoms with Crippen LogP contribution in [0.2, 0.25) is 0 Å². The van der Waals surface area contributed by atoms with E-state index in [4.69, 9.17) is 9.84 Å². The Labute approximate surface area is 104 Å². The van der Waals surface area contributed by atoms with Crippen molar-refractivity contribution in [1.29, 1.82) is 0 Å². The van der Waals surface area contributed by atoms with Gasteiger partial charge in [0.2, 0.25) is 0 Å². The number of ether oxygens (including phenoxy) is 1. The highest BCUT2D eigenvalue weighted by Crippen LogP contribution is 2.01. The smallest absolute Gasteiger partial charge is 0.480 e. The van der Waals surface area contributed by atoms with Gasteiger partial charge in [-0.2, -0.15) is 0 Å². The molecule has 0 aliphatic heterocycles. The minimum absolute atomic E-state index is 0.0746. The highest BCUT2D eigenvalue weighted by molar-refractivity contribution is 5.73. The molecule has 1 aromatic rings. The molecule has 6 nitrogen and oxygen atoms in total. The highest BCUT2D eigenvalue weighted by Gasteiger charge is 2.17. The maximum absolute atomic E-state index is 11.2. The maximum Gasteiger partial charge on any atom is 0.528 e. The zero-order valence-corrected chi connectivity index (χ0v) is 9.96. The SMILES string of the molecule is CCC(NOC(=O)OCc1ccccc1)C(=O)O. The molecule has 0 aliphatic rings. The number of nitrogens with one attached hydrogen (secondary N) is 1. The number of carboxylic acid groups (broad SMARTS) is 1. The molecule has 1 rings (SSSR count). The quantitative estimate of drug-likeness (QED) is 0.593. The number of aliphatic carboxylic acids is 1. The largest absolute Gasteiger partial charge is 0.528 e. The van der Waals surface area contributed by atoms with Gasteiger partial charge in [0.05, 0.1) is 0 Å². The Kier molecular flexibility index (Phi) is 5.66. The summed E-state index contributed by atoms with van der Waals surface area (Å²) in [6.07, 6.45) is -0.667. The number of hydroxylamine groups is 1. The summed E-state index contributed by atoms with van der Waals surface area (Å²) in [7, 11) is 0. The molecule has 0 fully saturated rings. The lowest BCUT2D eigenvalue weighted by Crippen LogP contribution is -2.37. The summed E-state index contributed by atoms with van der Waals surface area (Å²) in [5.41, 5.74) is 2.95. The zero-order valence-electron chi connectivity index (χ0n) is 9.96. The Balaban J connectivity index is 2.28. The van der Waals surface area contributed by atoms with E-state index in [1.807, 2.05) is 18.2 Å². The van der Waals surface area contributed by atoms with Crippen molar-refractivity contribution < 1.29 is 24.3 Å². The van der Waals surface area contributed by atoms with Crippen LogP contribution in [0.3, 0.4) is 0 Å². The average molecular weight is 253 g/mol. The molecule has 2 N–H and O–H groups in total. The number of carbonyl (C=O) groups excluding carboxylic acids is 1. The molecule has 0 spiro atoms. The van der Waals surface area contributed by atoms with Gasteiger partial charge in [-0.15, -0.1) is 5.48 Å². The Hall–Kier alpha value is -2.08. The fraction of sp³-hybridized carbons (Fsp3) is 0.333. The van der Waals surface area contributed by atoms with Gasteiger partial charge in [-0.3, -0.25) is 4.79 Å². The van der Waals surface area contributed by atoms with Crippen LogP contribution in [-0.4, -0.2) is 23.3 Å². The number of rotatable bonds is 6. The summed E-state index contributed by atoms with van der Waals surface area (Å²) in [5.74, 6) is -1.09. The summed E-state index contributed by atoms with van der Waals surface area (Å²) < 4.78 is 4.79. The van der Waals surface area contributed by atoms with E-state index in [0.29, 0.717) is 6.42 Å². The van der Waals surface area contributed by atoms with E-state index in [2.05, 4.69) is 10.3 Å². The molecule has 0 radical (unpaired) electrons. The van der Waals surface area contributed by atoms with Gasteiger partial charge in [0.15, 0.2) is 0 Å². The molecule has 1 atom stereocenters. The standard InChI is InChI=1S/C12H15NO5/c1-2-10(11(14)15)13-18-12(16)17-8-9-6-4-3-5-7-9/h3-7,10,13H,2,8H2,1H3,(H,14,15). The first kappa shape index (κ1) is 14.0. The molecule has 0 aliphatic carbocycles. The fourth-order valence-corrected chi connectivity index (χ4v) is 1.17. The van der Waals surface area contributed by atoms with Crippen molar-refractivity contribution in [1.82, 2.24) is 5.48 Å². The van der Waals surface area contributed by atoms with Gasteiger partial charge in [0.1, 0.15) is 12.6 Å². The van der Waals surface area contributed by atoms with Crippen LogP contribution in [-0.2, 0) is 21.0 Å². The summed E-state index contributed by atoms with van der Waals surface area (Å²) in [4.78, 5) is 26.3. The average Bonchev–Trinajstić information content (AvgIpc) is 2.38. The first-order valence-electron chi connectivity index (χ1n) is 5.49. The van der Waals surface area contributed by atoms with Crippen LogP contribution in [0.5, 0.6) is 0 Å². The number of carboxylic acids is 1. The third-order valence-electron chi connectivity index (χ3n) is 2.19. The predicted octanol–water partition coefficient (Wildman–Crippen LogP) is 1.71. The van der Waals surface area contributed by atoms with Gasteiger partial charge in [-0.25, -0.2) is 4.79 Å². The summed E-state index contributed by atoms with van der Waals surface area (Å²) >= 11 is 0. The van der Waals surface area contributed by atoms with E-state index in [-0.39, 0.29) is 6.61 Å². The fourth-order valence-electron chi connectivity index (χ4n) is 1.17. The normalized spacial score (nSPS) is 11.6. The van der Waals surface area contributed by atoms with Crippen LogP contribution >= 0.6 is 0 Å². The van der Waals surface area contributed by atoms with E-state index in [1.54, 1.807) is 19.1 Å². The van der Waals surface area contributed by atoms with E-state index in [9.17, 15) is 9.59 Å². The zero-order chi connectivity index (χ0) is 13.4. The lowest BCUT2D eigenvalue weighted by atomic mass is 10.2. The van der Waals surface area contributed by atoms with Crippen molar-refractivity contribution in [3.63, 3.8) is 0 Å². The number of carbonyl (C=O) groups is 2. The van der Waals surface area contributed by atoms with Crippen molar-refractivity contribution in [2.75, 3.05) is 0 Å². The Morgan fingerprint density at radius 2 is 2.00 bits per heavy atom. The summed E-state index contributed by atoms with van der Waals surface area (Å²) in [6.45, 7) is 1.73. The molecule has 0 heterocycles. The van der Waals surface area contributed by atoms with Crippen molar-refractivity contribution >= 4 is 12.1 Å². The molecule has 0 aromatic heterocycles. The molecule has 0 saturated carbocycles. The molecular weight excluding hydrogens is 238 g/mol. The molecule has 18 heavy (non-hydrogen) atoms. The Bertz CT molecular complexity index is 393. The van der Waals surface area contributed by atoms with Crippen molar-refractivity contribution in [3.05, 3.63) is 35.9 Å².